The lowest BCUT2D eigenvalue weighted by Crippen LogP contribution is -2.31. The van der Waals surface area contributed by atoms with E-state index in [1.54, 1.807) is 12.1 Å². The zero-order chi connectivity index (χ0) is 14.8. The van der Waals surface area contributed by atoms with Crippen molar-refractivity contribution in [2.45, 2.75) is 19.3 Å². The van der Waals surface area contributed by atoms with Crippen molar-refractivity contribution >= 4 is 29.1 Å². The predicted octanol–water partition coefficient (Wildman–Crippen LogP) is 0.937. The highest BCUT2D eigenvalue weighted by Crippen LogP contribution is 2.07. The van der Waals surface area contributed by atoms with Gasteiger partial charge in [0.15, 0.2) is 0 Å². The Balaban J connectivity index is 2.05. The van der Waals surface area contributed by atoms with Gasteiger partial charge in [-0.05, 0) is 17.9 Å². The molecule has 6 nitrogen and oxygen atoms in total. The molecule has 0 saturated carbocycles. The van der Waals surface area contributed by atoms with Crippen LogP contribution in [-0.4, -0.2) is 38.0 Å². The fourth-order valence-corrected chi connectivity index (χ4v) is 2.08. The number of esters is 1. The summed E-state index contributed by atoms with van der Waals surface area (Å²) in [4.78, 5) is 34.5. The molecule has 7 heteroatoms. The van der Waals surface area contributed by atoms with Crippen molar-refractivity contribution in [3.05, 3.63) is 22.4 Å². The average Bonchev–Trinajstić information content (AvgIpc) is 2.97. The number of hydrogen-bond acceptors (Lipinski definition) is 5. The van der Waals surface area contributed by atoms with Crippen LogP contribution in [0.3, 0.4) is 0 Å². The van der Waals surface area contributed by atoms with Crippen molar-refractivity contribution in [1.82, 2.24) is 10.6 Å². The molecule has 2 amide bonds. The lowest BCUT2D eigenvalue weighted by Gasteiger charge is -2.05. The normalized spacial score (nSPS) is 9.85. The van der Waals surface area contributed by atoms with Crippen LogP contribution >= 0.6 is 11.3 Å². The zero-order valence-electron chi connectivity index (χ0n) is 11.3. The maximum atomic E-state index is 11.6. The van der Waals surface area contributed by atoms with Crippen molar-refractivity contribution in [2.24, 2.45) is 0 Å². The second kappa shape index (κ2) is 9.08. The summed E-state index contributed by atoms with van der Waals surface area (Å²) in [6.45, 7) is 0.715. The minimum Gasteiger partial charge on any atom is -0.469 e. The largest absolute Gasteiger partial charge is 0.469 e. The van der Waals surface area contributed by atoms with Gasteiger partial charge in [-0.15, -0.1) is 11.3 Å². The molecule has 0 atom stereocenters. The van der Waals surface area contributed by atoms with Gasteiger partial charge in [0.05, 0.1) is 12.0 Å². The van der Waals surface area contributed by atoms with Gasteiger partial charge in [0.2, 0.25) is 5.91 Å². The molecule has 2 N–H and O–H groups in total. The van der Waals surface area contributed by atoms with Gasteiger partial charge in [-0.1, -0.05) is 6.07 Å². The Morgan fingerprint density at radius 2 is 2.00 bits per heavy atom. The monoisotopic (exact) mass is 298 g/mol. The van der Waals surface area contributed by atoms with E-state index >= 15 is 0 Å². The highest BCUT2D eigenvalue weighted by molar-refractivity contribution is 7.12. The molecule has 0 aliphatic rings. The summed E-state index contributed by atoms with van der Waals surface area (Å²) in [7, 11) is 1.33. The first kappa shape index (κ1) is 16.2. The molecule has 1 aromatic heterocycles. The van der Waals surface area contributed by atoms with Crippen LogP contribution in [-0.2, 0) is 14.3 Å². The van der Waals surface area contributed by atoms with Crippen LogP contribution < -0.4 is 10.6 Å². The number of nitrogens with one attached hydrogen (secondary N) is 2. The molecule has 0 aromatic carbocycles. The second-order valence-electron chi connectivity index (χ2n) is 4.01. The molecular formula is C13H18N2O4S. The van der Waals surface area contributed by atoms with Gasteiger partial charge < -0.3 is 15.4 Å². The Morgan fingerprint density at radius 3 is 2.65 bits per heavy atom. The molecule has 1 rings (SSSR count). The molecule has 110 valence electrons. The van der Waals surface area contributed by atoms with Crippen LogP contribution in [0.2, 0.25) is 0 Å². The Kier molecular flexibility index (Phi) is 7.34. The maximum Gasteiger partial charge on any atom is 0.305 e. The number of carbonyl (C=O) groups excluding carboxylic acids is 3. The fraction of sp³-hybridized carbons (Fsp3) is 0.462. The molecular weight excluding hydrogens is 280 g/mol. The predicted molar refractivity (Wildman–Crippen MR) is 75.5 cm³/mol. The minimum absolute atomic E-state index is 0.152. The summed E-state index contributed by atoms with van der Waals surface area (Å²) in [5, 5.41) is 7.17. The third-order valence-corrected chi connectivity index (χ3v) is 3.36. The first-order chi connectivity index (χ1) is 9.63. The lowest BCUT2D eigenvalue weighted by molar-refractivity contribution is -0.140. The standard InChI is InChI=1S/C13H18N2O4S/c1-19-12(17)5-2-7-14-11(16)6-8-15-13(18)10-4-3-9-20-10/h3-4,9H,2,5-8H2,1H3,(H,14,16)(H,15,18). The van der Waals surface area contributed by atoms with E-state index in [-0.39, 0.29) is 30.6 Å². The van der Waals surface area contributed by atoms with Gasteiger partial charge in [0.25, 0.3) is 5.91 Å². The van der Waals surface area contributed by atoms with Crippen LogP contribution in [0.5, 0.6) is 0 Å². The molecule has 0 aliphatic carbocycles. The van der Waals surface area contributed by atoms with Gasteiger partial charge in [0, 0.05) is 25.9 Å². The molecule has 1 aromatic rings. The first-order valence-electron chi connectivity index (χ1n) is 6.28. The van der Waals surface area contributed by atoms with Gasteiger partial charge in [-0.3, -0.25) is 14.4 Å². The molecule has 1 heterocycles. The Bertz CT molecular complexity index is 445. The number of rotatable bonds is 8. The van der Waals surface area contributed by atoms with Crippen LogP contribution in [0.25, 0.3) is 0 Å². The summed E-state index contributed by atoms with van der Waals surface area (Å²) >= 11 is 1.36. The van der Waals surface area contributed by atoms with Crippen LogP contribution in [0.4, 0.5) is 0 Å². The van der Waals surface area contributed by atoms with Gasteiger partial charge in [-0.25, -0.2) is 0 Å². The molecule has 0 aliphatic heterocycles. The number of amides is 2. The van der Waals surface area contributed by atoms with E-state index in [1.807, 2.05) is 5.38 Å². The molecule has 0 fully saturated rings. The van der Waals surface area contributed by atoms with Crippen molar-refractivity contribution in [1.29, 1.82) is 0 Å². The molecule has 0 saturated heterocycles. The van der Waals surface area contributed by atoms with E-state index in [0.29, 0.717) is 24.4 Å². The van der Waals surface area contributed by atoms with Crippen molar-refractivity contribution in [2.75, 3.05) is 20.2 Å². The summed E-state index contributed by atoms with van der Waals surface area (Å²) < 4.78 is 4.49. The first-order valence-corrected chi connectivity index (χ1v) is 7.16. The Labute approximate surface area is 121 Å². The summed E-state index contributed by atoms with van der Waals surface area (Å²) in [5.74, 6) is -0.609. The quantitative estimate of drug-likeness (QED) is 0.552. The number of ether oxygens (including phenoxy) is 1. The van der Waals surface area contributed by atoms with E-state index in [4.69, 9.17) is 0 Å². The number of hydrogen-bond donors (Lipinski definition) is 2. The summed E-state index contributed by atoms with van der Waals surface area (Å²) in [6, 6.07) is 3.53. The highest BCUT2D eigenvalue weighted by Gasteiger charge is 2.07. The summed E-state index contributed by atoms with van der Waals surface area (Å²) in [5.41, 5.74) is 0. The highest BCUT2D eigenvalue weighted by atomic mass is 32.1. The fourth-order valence-electron chi connectivity index (χ4n) is 1.44. The SMILES string of the molecule is COC(=O)CCCNC(=O)CCNC(=O)c1cccs1. The molecule has 0 bridgehead atoms. The zero-order valence-corrected chi connectivity index (χ0v) is 12.1. The van der Waals surface area contributed by atoms with E-state index in [2.05, 4.69) is 15.4 Å². The Hall–Kier alpha value is -1.89. The second-order valence-corrected chi connectivity index (χ2v) is 4.96. The summed E-state index contributed by atoms with van der Waals surface area (Å²) in [6.07, 6.45) is 1.04. The minimum atomic E-state index is -0.289. The van der Waals surface area contributed by atoms with Crippen LogP contribution in [0.1, 0.15) is 28.9 Å². The molecule has 0 spiro atoms. The van der Waals surface area contributed by atoms with E-state index in [0.717, 1.165) is 0 Å². The van der Waals surface area contributed by atoms with E-state index < -0.39 is 0 Å². The van der Waals surface area contributed by atoms with Gasteiger partial charge >= 0.3 is 5.97 Å². The number of carbonyl (C=O) groups is 3. The number of thiophene rings is 1. The van der Waals surface area contributed by atoms with Gasteiger partial charge in [0.1, 0.15) is 0 Å². The van der Waals surface area contributed by atoms with Crippen LogP contribution in [0.15, 0.2) is 17.5 Å². The number of methoxy groups -OCH3 is 1. The third kappa shape index (κ3) is 6.33. The molecule has 20 heavy (non-hydrogen) atoms. The smallest absolute Gasteiger partial charge is 0.305 e. The molecule has 0 radical (unpaired) electrons. The van der Waals surface area contributed by atoms with E-state index in [9.17, 15) is 14.4 Å². The topological polar surface area (TPSA) is 84.5 Å². The maximum absolute atomic E-state index is 11.6. The van der Waals surface area contributed by atoms with Crippen molar-refractivity contribution in [3.8, 4) is 0 Å². The van der Waals surface area contributed by atoms with Crippen molar-refractivity contribution in [3.63, 3.8) is 0 Å². The van der Waals surface area contributed by atoms with Crippen LogP contribution in [0, 0.1) is 0 Å². The lowest BCUT2D eigenvalue weighted by atomic mass is 10.3. The Morgan fingerprint density at radius 1 is 1.20 bits per heavy atom. The molecule has 0 unspecified atom stereocenters. The average molecular weight is 298 g/mol. The van der Waals surface area contributed by atoms with Gasteiger partial charge in [-0.2, -0.15) is 0 Å². The van der Waals surface area contributed by atoms with E-state index in [1.165, 1.54) is 18.4 Å². The third-order valence-electron chi connectivity index (χ3n) is 2.49. The van der Waals surface area contributed by atoms with Crippen molar-refractivity contribution < 1.29 is 19.1 Å².